The number of rotatable bonds is 4. The van der Waals surface area contributed by atoms with Crippen LogP contribution in [0.15, 0.2) is 35.3 Å². The van der Waals surface area contributed by atoms with Crippen molar-refractivity contribution in [3.8, 4) is 0 Å². The minimum atomic E-state index is -0.762. The van der Waals surface area contributed by atoms with Crippen molar-refractivity contribution in [2.24, 2.45) is 14.1 Å². The molecule has 9 heteroatoms. The Bertz CT molecular complexity index is 1040. The van der Waals surface area contributed by atoms with Crippen LogP contribution >= 0.6 is 0 Å². The number of hydrogen-bond donors (Lipinski definition) is 2. The lowest BCUT2D eigenvalue weighted by atomic mass is 10.2. The fraction of sp³-hybridized carbons (Fsp3) is 0.294. The van der Waals surface area contributed by atoms with Gasteiger partial charge in [-0.25, -0.2) is 4.79 Å². The van der Waals surface area contributed by atoms with Crippen molar-refractivity contribution in [1.29, 1.82) is 0 Å². The molecule has 0 spiro atoms. The SMILES string of the molecule is Cc1ccnn1CCNC(=O)C(=O)Nc1ccc2c(c1)n(C)c(=O)n2C. The number of imidazole rings is 1. The monoisotopic (exact) mass is 356 g/mol. The smallest absolute Gasteiger partial charge is 0.328 e. The van der Waals surface area contributed by atoms with Gasteiger partial charge in [-0.15, -0.1) is 0 Å². The Morgan fingerprint density at radius 1 is 1.08 bits per heavy atom. The number of aryl methyl sites for hydroxylation is 3. The zero-order chi connectivity index (χ0) is 18.8. The van der Waals surface area contributed by atoms with Gasteiger partial charge in [-0.3, -0.25) is 23.4 Å². The average Bonchev–Trinajstić information content (AvgIpc) is 3.12. The summed E-state index contributed by atoms with van der Waals surface area (Å²) in [6, 6.07) is 6.90. The minimum absolute atomic E-state index is 0.157. The first-order valence-electron chi connectivity index (χ1n) is 8.11. The van der Waals surface area contributed by atoms with Gasteiger partial charge in [0.15, 0.2) is 0 Å². The lowest BCUT2D eigenvalue weighted by Gasteiger charge is -2.08. The summed E-state index contributed by atoms with van der Waals surface area (Å²) in [7, 11) is 3.33. The molecule has 0 saturated carbocycles. The van der Waals surface area contributed by atoms with E-state index in [4.69, 9.17) is 0 Å². The highest BCUT2D eigenvalue weighted by Gasteiger charge is 2.15. The Morgan fingerprint density at radius 3 is 2.50 bits per heavy atom. The second kappa shape index (κ2) is 6.87. The molecule has 0 atom stereocenters. The van der Waals surface area contributed by atoms with E-state index in [2.05, 4.69) is 15.7 Å². The fourth-order valence-electron chi connectivity index (χ4n) is 2.76. The molecule has 2 amide bonds. The van der Waals surface area contributed by atoms with E-state index in [1.807, 2.05) is 13.0 Å². The second-order valence-electron chi connectivity index (χ2n) is 6.01. The first-order valence-corrected chi connectivity index (χ1v) is 8.11. The maximum absolute atomic E-state index is 12.0. The Hall–Kier alpha value is -3.36. The molecule has 0 unspecified atom stereocenters. The number of aromatic nitrogens is 4. The standard InChI is InChI=1S/C17H20N6O3/c1-11-6-7-19-23(11)9-8-18-15(24)16(25)20-12-4-5-13-14(10-12)22(3)17(26)21(13)2/h4-7,10H,8-9H2,1-3H3,(H,18,24)(H,20,25). The third kappa shape index (κ3) is 3.23. The van der Waals surface area contributed by atoms with Crippen molar-refractivity contribution in [2.45, 2.75) is 13.5 Å². The zero-order valence-electron chi connectivity index (χ0n) is 14.8. The van der Waals surface area contributed by atoms with E-state index < -0.39 is 11.8 Å². The molecular weight excluding hydrogens is 336 g/mol. The topological polar surface area (TPSA) is 103 Å². The molecule has 26 heavy (non-hydrogen) atoms. The van der Waals surface area contributed by atoms with Gasteiger partial charge in [0.2, 0.25) is 0 Å². The van der Waals surface area contributed by atoms with Gasteiger partial charge in [0.25, 0.3) is 0 Å². The molecule has 2 N–H and O–H groups in total. The minimum Gasteiger partial charge on any atom is -0.346 e. The molecule has 136 valence electrons. The maximum Gasteiger partial charge on any atom is 0.328 e. The van der Waals surface area contributed by atoms with E-state index in [1.165, 1.54) is 9.13 Å². The molecule has 0 aliphatic carbocycles. The van der Waals surface area contributed by atoms with Gasteiger partial charge in [-0.05, 0) is 31.2 Å². The van der Waals surface area contributed by atoms with Crippen molar-refractivity contribution < 1.29 is 9.59 Å². The molecule has 0 aliphatic rings. The molecule has 9 nitrogen and oxygen atoms in total. The van der Waals surface area contributed by atoms with Crippen LogP contribution in [0, 0.1) is 6.92 Å². The normalized spacial score (nSPS) is 10.9. The van der Waals surface area contributed by atoms with E-state index in [1.54, 1.807) is 43.2 Å². The number of benzene rings is 1. The van der Waals surface area contributed by atoms with E-state index in [0.29, 0.717) is 24.3 Å². The third-order valence-electron chi connectivity index (χ3n) is 4.27. The van der Waals surface area contributed by atoms with Crippen molar-refractivity contribution in [1.82, 2.24) is 24.2 Å². The summed E-state index contributed by atoms with van der Waals surface area (Å²) >= 11 is 0. The molecular formula is C17H20N6O3. The first kappa shape index (κ1) is 17.5. The number of carbonyl (C=O) groups is 2. The molecule has 2 heterocycles. The Kier molecular flexibility index (Phi) is 4.61. The Morgan fingerprint density at radius 2 is 1.81 bits per heavy atom. The van der Waals surface area contributed by atoms with Crippen LogP contribution in [0.3, 0.4) is 0 Å². The number of anilines is 1. The quantitative estimate of drug-likeness (QED) is 0.649. The van der Waals surface area contributed by atoms with Crippen molar-refractivity contribution in [3.63, 3.8) is 0 Å². The Labute approximate surface area is 149 Å². The summed E-state index contributed by atoms with van der Waals surface area (Å²) in [5.41, 5.74) is 2.68. The average molecular weight is 356 g/mol. The third-order valence-corrected chi connectivity index (χ3v) is 4.27. The lowest BCUT2D eigenvalue weighted by molar-refractivity contribution is -0.136. The highest BCUT2D eigenvalue weighted by molar-refractivity contribution is 6.39. The van der Waals surface area contributed by atoms with Crippen molar-refractivity contribution in [2.75, 3.05) is 11.9 Å². The molecule has 3 rings (SSSR count). The molecule has 0 saturated heterocycles. The highest BCUT2D eigenvalue weighted by Crippen LogP contribution is 2.17. The van der Waals surface area contributed by atoms with E-state index in [0.717, 1.165) is 11.2 Å². The van der Waals surface area contributed by atoms with Crippen molar-refractivity contribution >= 4 is 28.5 Å². The summed E-state index contributed by atoms with van der Waals surface area (Å²) in [5.74, 6) is -1.49. The van der Waals surface area contributed by atoms with Crippen LogP contribution in [0.2, 0.25) is 0 Å². The zero-order valence-corrected chi connectivity index (χ0v) is 14.8. The highest BCUT2D eigenvalue weighted by atomic mass is 16.2. The van der Waals surface area contributed by atoms with Crippen molar-refractivity contribution in [3.05, 3.63) is 46.6 Å². The van der Waals surface area contributed by atoms with Gasteiger partial charge < -0.3 is 10.6 Å². The van der Waals surface area contributed by atoms with Crippen LogP contribution in [0.1, 0.15) is 5.69 Å². The summed E-state index contributed by atoms with van der Waals surface area (Å²) in [6.07, 6.45) is 1.68. The number of nitrogens with one attached hydrogen (secondary N) is 2. The van der Waals surface area contributed by atoms with Gasteiger partial charge in [-0.2, -0.15) is 5.10 Å². The lowest BCUT2D eigenvalue weighted by Crippen LogP contribution is -2.37. The van der Waals surface area contributed by atoms with Gasteiger partial charge in [0, 0.05) is 38.2 Å². The van der Waals surface area contributed by atoms with Gasteiger partial charge in [0.05, 0.1) is 17.6 Å². The molecule has 1 aromatic carbocycles. The number of hydrogen-bond acceptors (Lipinski definition) is 4. The summed E-state index contributed by atoms with van der Waals surface area (Å²) in [6.45, 7) is 2.69. The molecule has 0 bridgehead atoms. The molecule has 2 aromatic heterocycles. The molecule has 0 aliphatic heterocycles. The number of nitrogens with zero attached hydrogens (tertiary/aromatic N) is 4. The molecule has 0 fully saturated rings. The number of fused-ring (bicyclic) bond motifs is 1. The predicted octanol–water partition coefficient (Wildman–Crippen LogP) is 0.137. The summed E-state index contributed by atoms with van der Waals surface area (Å²) < 4.78 is 4.74. The van der Waals surface area contributed by atoms with Crippen LogP contribution in [0.5, 0.6) is 0 Å². The van der Waals surface area contributed by atoms with Gasteiger partial charge in [0.1, 0.15) is 0 Å². The van der Waals surface area contributed by atoms with E-state index >= 15 is 0 Å². The van der Waals surface area contributed by atoms with Crippen LogP contribution < -0.4 is 16.3 Å². The fourth-order valence-corrected chi connectivity index (χ4v) is 2.76. The second-order valence-corrected chi connectivity index (χ2v) is 6.01. The predicted molar refractivity (Wildman–Crippen MR) is 96.8 cm³/mol. The number of amides is 2. The van der Waals surface area contributed by atoms with Crippen LogP contribution in [-0.2, 0) is 30.2 Å². The molecule has 3 aromatic rings. The molecule has 0 radical (unpaired) electrons. The van der Waals surface area contributed by atoms with E-state index in [-0.39, 0.29) is 5.69 Å². The van der Waals surface area contributed by atoms with Gasteiger partial charge in [-0.1, -0.05) is 0 Å². The number of carbonyl (C=O) groups excluding carboxylic acids is 2. The first-order chi connectivity index (χ1) is 12.4. The van der Waals surface area contributed by atoms with Crippen LogP contribution in [0.25, 0.3) is 11.0 Å². The van der Waals surface area contributed by atoms with Crippen LogP contribution in [-0.4, -0.2) is 37.3 Å². The van der Waals surface area contributed by atoms with E-state index in [9.17, 15) is 14.4 Å². The van der Waals surface area contributed by atoms with Crippen LogP contribution in [0.4, 0.5) is 5.69 Å². The summed E-state index contributed by atoms with van der Waals surface area (Å²) in [5, 5.41) is 9.21. The maximum atomic E-state index is 12.0. The Balaban J connectivity index is 1.63. The largest absolute Gasteiger partial charge is 0.346 e. The van der Waals surface area contributed by atoms with Gasteiger partial charge >= 0.3 is 17.5 Å². The summed E-state index contributed by atoms with van der Waals surface area (Å²) in [4.78, 5) is 35.9.